The fourth-order valence-electron chi connectivity index (χ4n) is 2.28. The molecule has 2 N–H and O–H groups in total. The molecule has 2 rings (SSSR count). The van der Waals surface area contributed by atoms with Gasteiger partial charge < -0.3 is 5.73 Å². The Morgan fingerprint density at radius 3 is 2.45 bits per heavy atom. The summed E-state index contributed by atoms with van der Waals surface area (Å²) in [6.07, 6.45) is 0.901. The molecular formula is C18H23NO. The van der Waals surface area contributed by atoms with Crippen molar-refractivity contribution in [1.82, 2.24) is 0 Å². The largest absolute Gasteiger partial charge is 0.327 e. The van der Waals surface area contributed by atoms with Gasteiger partial charge in [0.15, 0.2) is 0 Å². The lowest BCUT2D eigenvalue weighted by atomic mass is 9.83. The predicted molar refractivity (Wildman–Crippen MR) is 84.7 cm³/mol. The van der Waals surface area contributed by atoms with Gasteiger partial charge in [-0.15, -0.1) is 0 Å². The third-order valence-electron chi connectivity index (χ3n) is 3.83. The zero-order chi connectivity index (χ0) is 14.8. The van der Waals surface area contributed by atoms with E-state index in [2.05, 4.69) is 39.0 Å². The van der Waals surface area contributed by atoms with Gasteiger partial charge in [-0.2, -0.15) is 0 Å². The second-order valence-corrected chi connectivity index (χ2v) is 6.53. The van der Waals surface area contributed by atoms with Crippen LogP contribution in [-0.4, -0.2) is 11.8 Å². The minimum absolute atomic E-state index is 0.0333. The Morgan fingerprint density at radius 2 is 1.75 bits per heavy atom. The molecule has 2 aromatic rings. The van der Waals surface area contributed by atoms with Gasteiger partial charge in [0, 0.05) is 18.9 Å². The molecule has 0 aliphatic heterocycles. The van der Waals surface area contributed by atoms with E-state index in [1.165, 1.54) is 5.39 Å². The molecule has 106 valence electrons. The van der Waals surface area contributed by atoms with Crippen molar-refractivity contribution in [2.24, 2.45) is 11.1 Å². The molecule has 0 saturated carbocycles. The highest BCUT2D eigenvalue weighted by Gasteiger charge is 2.23. The van der Waals surface area contributed by atoms with Crippen molar-refractivity contribution in [2.75, 3.05) is 0 Å². The lowest BCUT2D eigenvalue weighted by Gasteiger charge is -2.26. The molecule has 0 saturated heterocycles. The van der Waals surface area contributed by atoms with E-state index in [-0.39, 0.29) is 17.2 Å². The second-order valence-electron chi connectivity index (χ2n) is 6.53. The number of nitrogens with two attached hydrogens (primary N) is 1. The lowest BCUT2D eigenvalue weighted by molar-refractivity contribution is -0.119. The van der Waals surface area contributed by atoms with E-state index in [0.29, 0.717) is 12.8 Å². The summed E-state index contributed by atoms with van der Waals surface area (Å²) in [6, 6.07) is 14.2. The highest BCUT2D eigenvalue weighted by atomic mass is 16.1. The average molecular weight is 269 g/mol. The molecule has 20 heavy (non-hydrogen) atoms. The van der Waals surface area contributed by atoms with Gasteiger partial charge in [-0.05, 0) is 21.8 Å². The Kier molecular flexibility index (Phi) is 4.24. The van der Waals surface area contributed by atoms with Crippen LogP contribution in [0.25, 0.3) is 10.8 Å². The van der Waals surface area contributed by atoms with Gasteiger partial charge in [0.05, 0.1) is 0 Å². The fourth-order valence-corrected chi connectivity index (χ4v) is 2.28. The van der Waals surface area contributed by atoms with Gasteiger partial charge in [0.25, 0.3) is 0 Å². The van der Waals surface area contributed by atoms with Crippen LogP contribution < -0.4 is 5.73 Å². The molecule has 0 aliphatic rings. The molecule has 0 aromatic heterocycles. The van der Waals surface area contributed by atoms with Crippen molar-refractivity contribution < 1.29 is 4.79 Å². The SMILES string of the molecule is CC(C)(C)C(N)CC(=O)Cc1cccc2ccccc12. The maximum absolute atomic E-state index is 12.2. The molecule has 2 aromatic carbocycles. The zero-order valence-corrected chi connectivity index (χ0v) is 12.5. The van der Waals surface area contributed by atoms with Crippen LogP contribution in [-0.2, 0) is 11.2 Å². The summed E-state index contributed by atoms with van der Waals surface area (Å²) < 4.78 is 0. The summed E-state index contributed by atoms with van der Waals surface area (Å²) in [5.41, 5.74) is 7.16. The van der Waals surface area contributed by atoms with Crippen LogP contribution in [0, 0.1) is 5.41 Å². The Morgan fingerprint density at radius 1 is 1.10 bits per heavy atom. The van der Waals surface area contributed by atoms with Crippen molar-refractivity contribution in [2.45, 2.75) is 39.7 Å². The number of hydrogen-bond donors (Lipinski definition) is 1. The van der Waals surface area contributed by atoms with Gasteiger partial charge in [0.2, 0.25) is 0 Å². The molecule has 0 heterocycles. The zero-order valence-electron chi connectivity index (χ0n) is 12.5. The minimum Gasteiger partial charge on any atom is -0.327 e. The van der Waals surface area contributed by atoms with Crippen molar-refractivity contribution in [3.8, 4) is 0 Å². The van der Waals surface area contributed by atoms with Crippen molar-refractivity contribution in [3.63, 3.8) is 0 Å². The first-order valence-electron chi connectivity index (χ1n) is 7.12. The summed E-state index contributed by atoms with van der Waals surface area (Å²) in [7, 11) is 0. The topological polar surface area (TPSA) is 43.1 Å². The molecule has 2 heteroatoms. The predicted octanol–water partition coefficient (Wildman–Crippen LogP) is 3.71. The minimum atomic E-state index is -0.0926. The molecule has 2 nitrogen and oxygen atoms in total. The summed E-state index contributed by atoms with van der Waals surface area (Å²) in [6.45, 7) is 6.22. The van der Waals surface area contributed by atoms with Crippen LogP contribution in [0.2, 0.25) is 0 Å². The third kappa shape index (κ3) is 3.45. The van der Waals surface area contributed by atoms with E-state index >= 15 is 0 Å². The number of carbonyl (C=O) groups is 1. The normalized spacial score (nSPS) is 13.4. The Labute approximate surface area is 121 Å². The average Bonchev–Trinajstić information content (AvgIpc) is 2.38. The smallest absolute Gasteiger partial charge is 0.138 e. The number of hydrogen-bond acceptors (Lipinski definition) is 2. The lowest BCUT2D eigenvalue weighted by Crippen LogP contribution is -2.37. The highest BCUT2D eigenvalue weighted by Crippen LogP contribution is 2.22. The summed E-state index contributed by atoms with van der Waals surface area (Å²) in [5.74, 6) is 0.212. The molecule has 1 unspecified atom stereocenters. The van der Waals surface area contributed by atoms with Gasteiger partial charge in [-0.25, -0.2) is 0 Å². The molecule has 1 atom stereocenters. The monoisotopic (exact) mass is 269 g/mol. The van der Waals surface area contributed by atoms with Crippen LogP contribution in [0.4, 0.5) is 0 Å². The van der Waals surface area contributed by atoms with Crippen LogP contribution in [0.3, 0.4) is 0 Å². The van der Waals surface area contributed by atoms with Crippen LogP contribution >= 0.6 is 0 Å². The summed E-state index contributed by atoms with van der Waals surface area (Å²) >= 11 is 0. The molecule has 0 aliphatic carbocycles. The van der Waals surface area contributed by atoms with Crippen molar-refractivity contribution in [3.05, 3.63) is 48.0 Å². The molecule has 0 spiro atoms. The molecule has 0 fully saturated rings. The van der Waals surface area contributed by atoms with Crippen molar-refractivity contribution in [1.29, 1.82) is 0 Å². The number of benzene rings is 2. The summed E-state index contributed by atoms with van der Waals surface area (Å²) in [5, 5.41) is 2.34. The first-order valence-corrected chi connectivity index (χ1v) is 7.12. The second kappa shape index (κ2) is 5.76. The van der Waals surface area contributed by atoms with Gasteiger partial charge in [-0.3, -0.25) is 4.79 Å². The van der Waals surface area contributed by atoms with E-state index in [1.807, 2.05) is 24.3 Å². The number of fused-ring (bicyclic) bond motifs is 1. The van der Waals surface area contributed by atoms with E-state index in [9.17, 15) is 4.79 Å². The van der Waals surface area contributed by atoms with Crippen LogP contribution in [0.15, 0.2) is 42.5 Å². The van der Waals surface area contributed by atoms with Gasteiger partial charge in [-0.1, -0.05) is 63.2 Å². The van der Waals surface area contributed by atoms with E-state index in [1.54, 1.807) is 0 Å². The maximum atomic E-state index is 12.2. The highest BCUT2D eigenvalue weighted by molar-refractivity contribution is 5.91. The number of rotatable bonds is 4. The van der Waals surface area contributed by atoms with Crippen LogP contribution in [0.1, 0.15) is 32.8 Å². The number of Topliss-reactive ketones (excluding diaryl/α,β-unsaturated/α-hetero) is 1. The fraction of sp³-hybridized carbons (Fsp3) is 0.389. The first kappa shape index (κ1) is 14.7. The Bertz CT molecular complexity index is 605. The Hall–Kier alpha value is -1.67. The van der Waals surface area contributed by atoms with Crippen molar-refractivity contribution >= 4 is 16.6 Å². The van der Waals surface area contributed by atoms with Crippen LogP contribution in [0.5, 0.6) is 0 Å². The molecule has 0 amide bonds. The maximum Gasteiger partial charge on any atom is 0.138 e. The van der Waals surface area contributed by atoms with E-state index in [4.69, 9.17) is 5.73 Å². The Balaban J connectivity index is 2.15. The third-order valence-corrected chi connectivity index (χ3v) is 3.83. The number of ketones is 1. The van der Waals surface area contributed by atoms with Gasteiger partial charge >= 0.3 is 0 Å². The van der Waals surface area contributed by atoms with Gasteiger partial charge in [0.1, 0.15) is 5.78 Å². The van der Waals surface area contributed by atoms with E-state index in [0.717, 1.165) is 10.9 Å². The molecule has 0 bridgehead atoms. The quantitative estimate of drug-likeness (QED) is 0.919. The molecule has 0 radical (unpaired) electrons. The molecular weight excluding hydrogens is 246 g/mol. The summed E-state index contributed by atoms with van der Waals surface area (Å²) in [4.78, 5) is 12.2. The first-order chi connectivity index (χ1) is 9.38. The van der Waals surface area contributed by atoms with E-state index < -0.39 is 0 Å². The standard InChI is InChI=1S/C18H23NO/c1-18(2,3)17(19)12-15(20)11-14-9-6-8-13-7-4-5-10-16(13)14/h4-10,17H,11-12,19H2,1-3H3. The number of carbonyl (C=O) groups excluding carboxylic acids is 1.